The Bertz CT molecular complexity index is 3690. The van der Waals surface area contributed by atoms with Gasteiger partial charge >= 0.3 is 0 Å². The Hall–Kier alpha value is -8.72. The highest BCUT2D eigenvalue weighted by Crippen LogP contribution is 2.57. The molecule has 1 aliphatic carbocycles. The second-order valence-electron chi connectivity index (χ2n) is 17.6. The van der Waals surface area contributed by atoms with Crippen molar-refractivity contribution in [2.45, 2.75) is 5.41 Å². The van der Waals surface area contributed by atoms with Gasteiger partial charge in [0, 0.05) is 33.2 Å². The molecule has 11 aromatic carbocycles. The maximum atomic E-state index is 2.46. The van der Waals surface area contributed by atoms with Gasteiger partial charge in [-0.2, -0.15) is 0 Å². The van der Waals surface area contributed by atoms with E-state index in [0.717, 1.165) is 28.3 Å². The Morgan fingerprint density at radius 2 is 0.806 bits per heavy atom. The normalized spacial score (nSPS) is 12.6. The molecule has 0 saturated carbocycles. The van der Waals surface area contributed by atoms with E-state index in [2.05, 4.69) is 276 Å². The van der Waals surface area contributed by atoms with E-state index in [1.807, 2.05) is 0 Å². The predicted molar refractivity (Wildman–Crippen MR) is 281 cm³/mol. The van der Waals surface area contributed by atoms with Gasteiger partial charge in [0.05, 0.1) is 22.1 Å². The van der Waals surface area contributed by atoms with Crippen molar-refractivity contribution < 1.29 is 0 Å². The summed E-state index contributed by atoms with van der Waals surface area (Å²) in [5, 5.41) is 4.94. The number of fused-ring (bicyclic) bond motifs is 7. The first-order chi connectivity index (χ1) is 33.3. The zero-order valence-electron chi connectivity index (χ0n) is 36.8. The van der Waals surface area contributed by atoms with Crippen molar-refractivity contribution in [1.82, 2.24) is 4.57 Å². The minimum atomic E-state index is -0.523. The summed E-state index contributed by atoms with van der Waals surface area (Å²) in [6.07, 6.45) is 0. The Kier molecular flexibility index (Phi) is 9.11. The van der Waals surface area contributed by atoms with Gasteiger partial charge in [0.2, 0.25) is 0 Å². The quantitative estimate of drug-likeness (QED) is 0.148. The second kappa shape index (κ2) is 15.8. The molecule has 0 fully saturated rings. The summed E-state index contributed by atoms with van der Waals surface area (Å²) in [7, 11) is 0. The van der Waals surface area contributed by atoms with Crippen LogP contribution in [0.25, 0.3) is 71.6 Å². The minimum Gasteiger partial charge on any atom is -0.310 e. The summed E-state index contributed by atoms with van der Waals surface area (Å²) in [5.74, 6) is 0. The van der Waals surface area contributed by atoms with Crippen LogP contribution in [-0.4, -0.2) is 4.57 Å². The molecule has 0 saturated heterocycles. The summed E-state index contributed by atoms with van der Waals surface area (Å²) in [4.78, 5) is 2.46. The van der Waals surface area contributed by atoms with Crippen LogP contribution in [0.3, 0.4) is 0 Å². The third-order valence-electron chi connectivity index (χ3n) is 14.1. The lowest BCUT2D eigenvalue weighted by Gasteiger charge is -2.35. The van der Waals surface area contributed by atoms with Crippen molar-refractivity contribution in [3.8, 4) is 39.1 Å². The maximum absolute atomic E-state index is 2.46. The van der Waals surface area contributed by atoms with Crippen LogP contribution in [0.4, 0.5) is 17.1 Å². The molecule has 1 aromatic heterocycles. The van der Waals surface area contributed by atoms with E-state index in [1.165, 1.54) is 82.6 Å². The van der Waals surface area contributed by atoms with Crippen molar-refractivity contribution >= 4 is 49.6 Å². The highest BCUT2D eigenvalue weighted by atomic mass is 15.1. The zero-order chi connectivity index (χ0) is 44.3. The van der Waals surface area contributed by atoms with E-state index < -0.39 is 5.41 Å². The first kappa shape index (κ1) is 38.7. The van der Waals surface area contributed by atoms with Gasteiger partial charge in [0.15, 0.2) is 0 Å². The highest BCUT2D eigenvalue weighted by molar-refractivity contribution is 6.09. The van der Waals surface area contributed by atoms with Crippen LogP contribution in [0.15, 0.2) is 267 Å². The number of anilines is 3. The largest absolute Gasteiger partial charge is 0.310 e. The van der Waals surface area contributed by atoms with Crippen LogP contribution in [0.5, 0.6) is 0 Å². The molecule has 0 aliphatic heterocycles. The summed E-state index contributed by atoms with van der Waals surface area (Å²) < 4.78 is 2.38. The number of aromatic nitrogens is 1. The summed E-state index contributed by atoms with van der Waals surface area (Å²) >= 11 is 0. The number of hydrogen-bond acceptors (Lipinski definition) is 1. The SMILES string of the molecule is c1ccc(-c2ccc(N(c3ccc(-c4ccc(-n5c6ccccc6c6ccccc65)cc4)cc3)c3cccc(C4(c5ccccc5)c5ccccc5-c5ccccc54)c3)c3ccccc23)cc1. The molecule has 1 aliphatic rings. The molecular formula is C65H44N2. The summed E-state index contributed by atoms with van der Waals surface area (Å²) in [6, 6.07) is 98.1. The van der Waals surface area contributed by atoms with E-state index >= 15 is 0 Å². The lowest BCUT2D eigenvalue weighted by atomic mass is 9.67. The van der Waals surface area contributed by atoms with Crippen molar-refractivity contribution in [2.75, 3.05) is 4.90 Å². The molecule has 0 spiro atoms. The standard InChI is InChI=1S/C65H44N2/c1-3-18-47(19-4-1)53-42-43-64(57-27-8-7-24-54(53)57)66(50-38-34-45(35-39-50)46-36-40-51(41-37-46)67-62-32-15-11-28-58(62)59-29-12-16-33-63(59)67)52-23-17-22-49(44-52)65(48-20-5-2-6-21-48)60-30-13-9-25-55(60)56-26-10-14-31-61(56)65/h1-44H. The van der Waals surface area contributed by atoms with Crippen molar-refractivity contribution in [2.24, 2.45) is 0 Å². The third-order valence-corrected chi connectivity index (χ3v) is 14.1. The van der Waals surface area contributed by atoms with E-state index in [4.69, 9.17) is 0 Å². The Balaban J connectivity index is 0.971. The fraction of sp³-hybridized carbons (Fsp3) is 0.0154. The Morgan fingerprint density at radius 3 is 1.45 bits per heavy atom. The lowest BCUT2D eigenvalue weighted by molar-refractivity contribution is 0.768. The van der Waals surface area contributed by atoms with Gasteiger partial charge in [0.1, 0.15) is 0 Å². The monoisotopic (exact) mass is 852 g/mol. The molecule has 314 valence electrons. The number of para-hydroxylation sites is 2. The van der Waals surface area contributed by atoms with E-state index in [0.29, 0.717) is 0 Å². The van der Waals surface area contributed by atoms with Crippen molar-refractivity contribution in [3.63, 3.8) is 0 Å². The Labute approximate surface area is 390 Å². The van der Waals surface area contributed by atoms with Gasteiger partial charge in [-0.05, 0) is 116 Å². The molecule has 1 heterocycles. The molecule has 0 amide bonds. The molecule has 67 heavy (non-hydrogen) atoms. The van der Waals surface area contributed by atoms with Gasteiger partial charge in [-0.3, -0.25) is 0 Å². The molecular weight excluding hydrogens is 809 g/mol. The predicted octanol–water partition coefficient (Wildman–Crippen LogP) is 17.1. The molecule has 0 atom stereocenters. The maximum Gasteiger partial charge on any atom is 0.0714 e. The number of benzene rings is 11. The lowest BCUT2D eigenvalue weighted by Crippen LogP contribution is -2.28. The van der Waals surface area contributed by atoms with Gasteiger partial charge < -0.3 is 9.47 Å². The fourth-order valence-corrected chi connectivity index (χ4v) is 11.2. The molecule has 13 rings (SSSR count). The van der Waals surface area contributed by atoms with Crippen LogP contribution in [0.2, 0.25) is 0 Å². The smallest absolute Gasteiger partial charge is 0.0714 e. The minimum absolute atomic E-state index is 0.523. The van der Waals surface area contributed by atoms with E-state index in [-0.39, 0.29) is 0 Å². The second-order valence-corrected chi connectivity index (χ2v) is 17.6. The van der Waals surface area contributed by atoms with Gasteiger partial charge in [0.25, 0.3) is 0 Å². The third kappa shape index (κ3) is 6.11. The van der Waals surface area contributed by atoms with Crippen molar-refractivity contribution in [3.05, 3.63) is 289 Å². The average molecular weight is 853 g/mol. The summed E-state index contributed by atoms with van der Waals surface area (Å²) in [5.41, 5.74) is 18.8. The van der Waals surface area contributed by atoms with Crippen LogP contribution in [-0.2, 0) is 5.41 Å². The van der Waals surface area contributed by atoms with Crippen LogP contribution in [0, 0.1) is 0 Å². The van der Waals surface area contributed by atoms with Gasteiger partial charge in [-0.15, -0.1) is 0 Å². The summed E-state index contributed by atoms with van der Waals surface area (Å²) in [6.45, 7) is 0. The number of nitrogens with zero attached hydrogens (tertiary/aromatic N) is 2. The molecule has 0 unspecified atom stereocenters. The van der Waals surface area contributed by atoms with E-state index in [1.54, 1.807) is 0 Å². The fourth-order valence-electron chi connectivity index (χ4n) is 11.2. The van der Waals surface area contributed by atoms with Gasteiger partial charge in [-0.25, -0.2) is 0 Å². The molecule has 0 radical (unpaired) electrons. The molecule has 12 aromatic rings. The van der Waals surface area contributed by atoms with Crippen molar-refractivity contribution in [1.29, 1.82) is 0 Å². The van der Waals surface area contributed by atoms with Crippen LogP contribution < -0.4 is 4.90 Å². The van der Waals surface area contributed by atoms with Gasteiger partial charge in [-0.1, -0.05) is 212 Å². The van der Waals surface area contributed by atoms with Crippen LogP contribution in [0.1, 0.15) is 22.3 Å². The molecule has 0 bridgehead atoms. The number of rotatable bonds is 8. The highest BCUT2D eigenvalue weighted by Gasteiger charge is 2.46. The van der Waals surface area contributed by atoms with Crippen LogP contribution >= 0.6 is 0 Å². The molecule has 2 heteroatoms. The number of hydrogen-bond donors (Lipinski definition) is 0. The average Bonchev–Trinajstić information content (AvgIpc) is 3.91. The molecule has 2 nitrogen and oxygen atoms in total. The first-order valence-corrected chi connectivity index (χ1v) is 23.2. The first-order valence-electron chi connectivity index (χ1n) is 23.2. The zero-order valence-corrected chi connectivity index (χ0v) is 36.8. The molecule has 0 N–H and O–H groups in total. The Morgan fingerprint density at radius 1 is 0.299 bits per heavy atom. The van der Waals surface area contributed by atoms with E-state index in [9.17, 15) is 0 Å². The topological polar surface area (TPSA) is 8.17 Å².